The lowest BCUT2D eigenvalue weighted by atomic mass is 10.1. The van der Waals surface area contributed by atoms with Crippen molar-refractivity contribution in [1.29, 1.82) is 0 Å². The van der Waals surface area contributed by atoms with Crippen LogP contribution in [0.15, 0.2) is 22.7 Å². The lowest BCUT2D eigenvalue weighted by molar-refractivity contribution is 0.112. The monoisotopic (exact) mass is 224 g/mol. The van der Waals surface area contributed by atoms with Gasteiger partial charge < -0.3 is 0 Å². The minimum absolute atomic E-state index is 0.736. The van der Waals surface area contributed by atoms with Crippen molar-refractivity contribution in [2.45, 2.75) is 18.8 Å². The van der Waals surface area contributed by atoms with Crippen LogP contribution in [0.5, 0.6) is 0 Å². The van der Waals surface area contributed by atoms with Gasteiger partial charge in [-0.2, -0.15) is 0 Å². The van der Waals surface area contributed by atoms with Crippen LogP contribution in [0.25, 0.3) is 0 Å². The van der Waals surface area contributed by atoms with E-state index in [4.69, 9.17) is 0 Å². The fourth-order valence-corrected chi connectivity index (χ4v) is 1.80. The predicted molar refractivity (Wildman–Crippen MR) is 51.5 cm³/mol. The van der Waals surface area contributed by atoms with E-state index in [0.717, 1.165) is 22.2 Å². The summed E-state index contributed by atoms with van der Waals surface area (Å²) >= 11 is 3.37. The van der Waals surface area contributed by atoms with Crippen LogP contribution in [0.1, 0.15) is 34.7 Å². The molecule has 1 nitrogen and oxygen atoms in total. The molecule has 0 radical (unpaired) electrons. The van der Waals surface area contributed by atoms with Gasteiger partial charge in [0.05, 0.1) is 0 Å². The largest absolute Gasteiger partial charge is 0.298 e. The number of carbonyl (C=O) groups is 1. The molecule has 62 valence electrons. The van der Waals surface area contributed by atoms with Gasteiger partial charge in [0.25, 0.3) is 0 Å². The molecule has 0 saturated heterocycles. The van der Waals surface area contributed by atoms with Gasteiger partial charge in [-0.25, -0.2) is 0 Å². The van der Waals surface area contributed by atoms with Crippen LogP contribution in [0.3, 0.4) is 0 Å². The van der Waals surface area contributed by atoms with E-state index in [1.165, 1.54) is 18.4 Å². The Morgan fingerprint density at radius 1 is 1.42 bits per heavy atom. The molecule has 1 aliphatic carbocycles. The first-order valence-electron chi connectivity index (χ1n) is 4.06. The van der Waals surface area contributed by atoms with Crippen LogP contribution in [-0.2, 0) is 0 Å². The highest BCUT2D eigenvalue weighted by atomic mass is 79.9. The lowest BCUT2D eigenvalue weighted by Crippen LogP contribution is -1.85. The van der Waals surface area contributed by atoms with Crippen molar-refractivity contribution in [2.24, 2.45) is 0 Å². The molecular formula is C10H9BrO. The molecule has 2 rings (SSSR count). The number of rotatable bonds is 2. The van der Waals surface area contributed by atoms with E-state index in [-0.39, 0.29) is 0 Å². The minimum atomic E-state index is 0.736. The first-order chi connectivity index (χ1) is 5.81. The zero-order valence-electron chi connectivity index (χ0n) is 6.59. The van der Waals surface area contributed by atoms with Crippen molar-refractivity contribution >= 4 is 22.2 Å². The van der Waals surface area contributed by atoms with Crippen molar-refractivity contribution < 1.29 is 4.79 Å². The minimum Gasteiger partial charge on any atom is -0.298 e. The SMILES string of the molecule is O=Cc1ccc(C2CC2)cc1Br. The molecule has 0 bridgehead atoms. The second-order valence-electron chi connectivity index (χ2n) is 3.17. The van der Waals surface area contributed by atoms with Gasteiger partial charge in [0.15, 0.2) is 6.29 Å². The third-order valence-electron chi connectivity index (χ3n) is 2.20. The van der Waals surface area contributed by atoms with Gasteiger partial charge in [-0.05, 0) is 30.4 Å². The average Bonchev–Trinajstić information content (AvgIpc) is 2.86. The zero-order chi connectivity index (χ0) is 8.55. The van der Waals surface area contributed by atoms with Gasteiger partial charge in [0.2, 0.25) is 0 Å². The highest BCUT2D eigenvalue weighted by Crippen LogP contribution is 2.40. The molecule has 0 aromatic heterocycles. The van der Waals surface area contributed by atoms with E-state index >= 15 is 0 Å². The van der Waals surface area contributed by atoms with E-state index in [1.807, 2.05) is 12.1 Å². The Labute approximate surface area is 79.9 Å². The normalized spacial score (nSPS) is 16.1. The molecule has 1 aromatic rings. The van der Waals surface area contributed by atoms with Gasteiger partial charge in [-0.3, -0.25) is 4.79 Å². The maximum Gasteiger partial charge on any atom is 0.151 e. The molecule has 0 heterocycles. The van der Waals surface area contributed by atoms with E-state index in [0.29, 0.717) is 0 Å². The maximum atomic E-state index is 10.5. The summed E-state index contributed by atoms with van der Waals surface area (Å²) in [6.07, 6.45) is 3.47. The number of hydrogen-bond donors (Lipinski definition) is 0. The summed E-state index contributed by atoms with van der Waals surface area (Å²) in [4.78, 5) is 10.5. The molecule has 0 N–H and O–H groups in total. The van der Waals surface area contributed by atoms with Crippen LogP contribution in [0.4, 0.5) is 0 Å². The summed E-state index contributed by atoms with van der Waals surface area (Å²) < 4.78 is 0.918. The highest BCUT2D eigenvalue weighted by Gasteiger charge is 2.23. The molecule has 0 atom stereocenters. The molecule has 2 heteroatoms. The summed E-state index contributed by atoms with van der Waals surface area (Å²) in [7, 11) is 0. The molecule has 1 fully saturated rings. The molecule has 12 heavy (non-hydrogen) atoms. The summed E-state index contributed by atoms with van der Waals surface area (Å²) in [5.41, 5.74) is 2.09. The van der Waals surface area contributed by atoms with Crippen LogP contribution in [-0.4, -0.2) is 6.29 Å². The smallest absolute Gasteiger partial charge is 0.151 e. The van der Waals surface area contributed by atoms with Gasteiger partial charge in [0.1, 0.15) is 0 Å². The maximum absolute atomic E-state index is 10.5. The summed E-state index contributed by atoms with van der Waals surface area (Å²) in [6.45, 7) is 0. The molecule has 0 amide bonds. The quantitative estimate of drug-likeness (QED) is 0.706. The predicted octanol–water partition coefficient (Wildman–Crippen LogP) is 3.14. The second kappa shape index (κ2) is 3.02. The highest BCUT2D eigenvalue weighted by molar-refractivity contribution is 9.10. The number of hydrogen-bond acceptors (Lipinski definition) is 1. The summed E-state index contributed by atoms with van der Waals surface area (Å²) in [5.74, 6) is 0.752. The first-order valence-corrected chi connectivity index (χ1v) is 4.85. The average molecular weight is 225 g/mol. The van der Waals surface area contributed by atoms with Crippen LogP contribution < -0.4 is 0 Å². The Bertz CT molecular complexity index is 316. The number of halogens is 1. The number of benzene rings is 1. The third-order valence-corrected chi connectivity index (χ3v) is 2.89. The van der Waals surface area contributed by atoms with Crippen molar-refractivity contribution in [3.63, 3.8) is 0 Å². The van der Waals surface area contributed by atoms with Gasteiger partial charge >= 0.3 is 0 Å². The molecule has 1 aliphatic rings. The zero-order valence-corrected chi connectivity index (χ0v) is 8.17. The van der Waals surface area contributed by atoms with Crippen LogP contribution in [0.2, 0.25) is 0 Å². The number of carbonyl (C=O) groups excluding carboxylic acids is 1. The molecule has 1 saturated carbocycles. The molecule has 0 spiro atoms. The van der Waals surface area contributed by atoms with Crippen molar-refractivity contribution in [1.82, 2.24) is 0 Å². The molecule has 0 aliphatic heterocycles. The van der Waals surface area contributed by atoms with E-state index in [2.05, 4.69) is 22.0 Å². The van der Waals surface area contributed by atoms with Crippen molar-refractivity contribution in [3.8, 4) is 0 Å². The van der Waals surface area contributed by atoms with Crippen LogP contribution >= 0.6 is 15.9 Å². The van der Waals surface area contributed by atoms with Crippen molar-refractivity contribution in [3.05, 3.63) is 33.8 Å². The fourth-order valence-electron chi connectivity index (χ4n) is 1.31. The van der Waals surface area contributed by atoms with Crippen LogP contribution in [0, 0.1) is 0 Å². The fraction of sp³-hybridized carbons (Fsp3) is 0.300. The van der Waals surface area contributed by atoms with Gasteiger partial charge in [0, 0.05) is 10.0 Å². The Hall–Kier alpha value is -0.630. The van der Waals surface area contributed by atoms with E-state index in [9.17, 15) is 4.79 Å². The molecular weight excluding hydrogens is 216 g/mol. The Morgan fingerprint density at radius 2 is 2.17 bits per heavy atom. The topological polar surface area (TPSA) is 17.1 Å². The summed E-state index contributed by atoms with van der Waals surface area (Å²) in [5, 5.41) is 0. The standard InChI is InChI=1S/C10H9BrO/c11-10-5-8(7-1-2-7)3-4-9(10)6-12/h3-7H,1-2H2. The number of aldehydes is 1. The second-order valence-corrected chi connectivity index (χ2v) is 4.03. The Kier molecular flexibility index (Phi) is 2.01. The van der Waals surface area contributed by atoms with E-state index < -0.39 is 0 Å². The molecule has 1 aromatic carbocycles. The Morgan fingerprint density at radius 3 is 2.67 bits per heavy atom. The summed E-state index contributed by atoms with van der Waals surface area (Å²) in [6, 6.07) is 5.98. The van der Waals surface area contributed by atoms with Gasteiger partial charge in [-0.15, -0.1) is 0 Å². The van der Waals surface area contributed by atoms with Crippen molar-refractivity contribution in [2.75, 3.05) is 0 Å². The van der Waals surface area contributed by atoms with E-state index in [1.54, 1.807) is 0 Å². The molecule has 0 unspecified atom stereocenters. The first kappa shape index (κ1) is 7.99. The third kappa shape index (κ3) is 1.44. The lowest BCUT2D eigenvalue weighted by Gasteiger charge is -2.00. The Balaban J connectivity index is 2.36. The van der Waals surface area contributed by atoms with Gasteiger partial charge in [-0.1, -0.05) is 28.1 Å².